The van der Waals surface area contributed by atoms with Crippen molar-refractivity contribution >= 4 is 23.4 Å². The number of aromatic nitrogens is 3. The van der Waals surface area contributed by atoms with Crippen LogP contribution in [0.1, 0.15) is 29.1 Å². The van der Waals surface area contributed by atoms with Gasteiger partial charge in [-0.2, -0.15) is 0 Å². The Morgan fingerprint density at radius 2 is 1.76 bits per heavy atom. The van der Waals surface area contributed by atoms with E-state index >= 15 is 0 Å². The van der Waals surface area contributed by atoms with Crippen LogP contribution in [0.25, 0.3) is 0 Å². The summed E-state index contributed by atoms with van der Waals surface area (Å²) in [6.45, 7) is 2.36. The summed E-state index contributed by atoms with van der Waals surface area (Å²) in [5, 5.41) is 10.9. The molecule has 9 heteroatoms. The van der Waals surface area contributed by atoms with Crippen LogP contribution in [0.4, 0.5) is 10.1 Å². The van der Waals surface area contributed by atoms with Gasteiger partial charge in [0.2, 0.25) is 11.1 Å². The molecule has 174 valence electrons. The maximum atomic E-state index is 14.1. The number of benzene rings is 3. The van der Waals surface area contributed by atoms with Gasteiger partial charge in [0, 0.05) is 6.42 Å². The molecule has 1 amide bonds. The third-order valence-corrected chi connectivity index (χ3v) is 6.26. The van der Waals surface area contributed by atoms with E-state index < -0.39 is 5.25 Å². The van der Waals surface area contributed by atoms with Gasteiger partial charge in [0.25, 0.3) is 0 Å². The number of thioether (sulfide) groups is 1. The molecule has 1 atom stereocenters. The summed E-state index contributed by atoms with van der Waals surface area (Å²) < 4.78 is 21.0. The molecule has 34 heavy (non-hydrogen) atoms. The zero-order chi connectivity index (χ0) is 23.9. The number of nitrogens with two attached hydrogens (primary N) is 1. The van der Waals surface area contributed by atoms with Crippen LogP contribution in [0, 0.1) is 5.82 Å². The number of amides is 1. The number of anilines is 1. The molecule has 0 aliphatic carbocycles. The second-order valence-electron chi connectivity index (χ2n) is 7.36. The molecule has 7 nitrogen and oxygen atoms in total. The fraction of sp³-hybridized carbons (Fsp3) is 0.160. The quantitative estimate of drug-likeness (QED) is 0.270. The summed E-state index contributed by atoms with van der Waals surface area (Å²) >= 11 is 1.17. The van der Waals surface area contributed by atoms with Gasteiger partial charge in [0.05, 0.1) is 12.3 Å². The SMILES string of the molecule is CCOc1ccccc1NC(=O)[C@@H](Sc1nnc(Cc2ccccc2F)n1N)c1ccccc1. The lowest BCUT2D eigenvalue weighted by Gasteiger charge is -2.18. The third kappa shape index (κ3) is 5.37. The Bertz CT molecular complexity index is 1270. The van der Waals surface area contributed by atoms with Crippen molar-refractivity contribution in [3.63, 3.8) is 0 Å². The van der Waals surface area contributed by atoms with Gasteiger partial charge in [-0.15, -0.1) is 10.2 Å². The van der Waals surface area contributed by atoms with Crippen molar-refractivity contribution in [3.8, 4) is 5.75 Å². The van der Waals surface area contributed by atoms with Crippen LogP contribution in [0.5, 0.6) is 5.75 Å². The van der Waals surface area contributed by atoms with Crippen LogP contribution in [0.15, 0.2) is 84.0 Å². The molecule has 0 aliphatic rings. The second kappa shape index (κ2) is 10.8. The fourth-order valence-corrected chi connectivity index (χ4v) is 4.35. The highest BCUT2D eigenvalue weighted by Crippen LogP contribution is 2.36. The standard InChI is InChI=1S/C25H24FN5O2S/c1-2-33-21-15-9-8-14-20(21)28-24(32)23(17-10-4-3-5-11-17)34-25-30-29-22(31(25)27)16-18-12-6-7-13-19(18)26/h3-15,23H,2,16,27H2,1H3,(H,28,32)/t23-/m0/s1. The van der Waals surface area contributed by atoms with Crippen molar-refractivity contribution < 1.29 is 13.9 Å². The summed E-state index contributed by atoms with van der Waals surface area (Å²) in [7, 11) is 0. The Balaban J connectivity index is 1.59. The minimum atomic E-state index is -0.663. The average Bonchev–Trinajstić information content (AvgIpc) is 3.19. The van der Waals surface area contributed by atoms with E-state index in [-0.39, 0.29) is 18.1 Å². The first-order chi connectivity index (χ1) is 16.6. The van der Waals surface area contributed by atoms with Crippen LogP contribution in [0.3, 0.4) is 0 Å². The number of carbonyl (C=O) groups is 1. The van der Waals surface area contributed by atoms with E-state index in [4.69, 9.17) is 10.6 Å². The number of nitrogen functional groups attached to an aromatic ring is 1. The summed E-state index contributed by atoms with van der Waals surface area (Å²) in [6, 6.07) is 23.0. The van der Waals surface area contributed by atoms with Gasteiger partial charge in [-0.3, -0.25) is 4.79 Å². The summed E-state index contributed by atoms with van der Waals surface area (Å²) in [5.74, 6) is 6.62. The van der Waals surface area contributed by atoms with Crippen LogP contribution in [0.2, 0.25) is 0 Å². The smallest absolute Gasteiger partial charge is 0.242 e. The number of halogens is 1. The van der Waals surface area contributed by atoms with Crippen molar-refractivity contribution in [3.05, 3.63) is 102 Å². The van der Waals surface area contributed by atoms with E-state index in [1.807, 2.05) is 49.4 Å². The van der Waals surface area contributed by atoms with E-state index in [0.717, 1.165) is 5.56 Å². The van der Waals surface area contributed by atoms with E-state index in [0.29, 0.717) is 34.6 Å². The Kier molecular flexibility index (Phi) is 7.44. The van der Waals surface area contributed by atoms with Crippen molar-refractivity contribution in [1.82, 2.24) is 14.9 Å². The highest BCUT2D eigenvalue weighted by molar-refractivity contribution is 8.00. The van der Waals surface area contributed by atoms with Gasteiger partial charge in [0.15, 0.2) is 5.82 Å². The Morgan fingerprint density at radius 3 is 2.53 bits per heavy atom. The lowest BCUT2D eigenvalue weighted by atomic mass is 10.1. The molecule has 0 bridgehead atoms. The molecule has 0 aliphatic heterocycles. The van der Waals surface area contributed by atoms with E-state index in [1.54, 1.807) is 30.3 Å². The predicted molar refractivity (Wildman–Crippen MR) is 131 cm³/mol. The predicted octanol–water partition coefficient (Wildman–Crippen LogP) is 4.59. The van der Waals surface area contributed by atoms with Crippen molar-refractivity contribution in [2.75, 3.05) is 17.8 Å². The van der Waals surface area contributed by atoms with Crippen LogP contribution < -0.4 is 15.9 Å². The first kappa shape index (κ1) is 23.3. The maximum Gasteiger partial charge on any atom is 0.242 e. The van der Waals surface area contributed by atoms with Gasteiger partial charge in [-0.25, -0.2) is 9.07 Å². The van der Waals surface area contributed by atoms with E-state index in [2.05, 4.69) is 15.5 Å². The molecule has 1 heterocycles. The minimum absolute atomic E-state index is 0.181. The third-order valence-electron chi connectivity index (χ3n) is 5.05. The van der Waals surface area contributed by atoms with E-state index in [9.17, 15) is 9.18 Å². The number of hydrogen-bond acceptors (Lipinski definition) is 6. The normalized spacial score (nSPS) is 11.7. The maximum absolute atomic E-state index is 14.1. The number of nitrogens with zero attached hydrogens (tertiary/aromatic N) is 3. The van der Waals surface area contributed by atoms with Gasteiger partial charge >= 0.3 is 0 Å². The fourth-order valence-electron chi connectivity index (χ4n) is 3.38. The van der Waals surface area contributed by atoms with Gasteiger partial charge < -0.3 is 15.9 Å². The molecule has 3 aromatic carbocycles. The molecule has 0 radical (unpaired) electrons. The average molecular weight is 478 g/mol. The molecule has 1 aromatic heterocycles. The Morgan fingerprint density at radius 1 is 1.06 bits per heavy atom. The van der Waals surface area contributed by atoms with Gasteiger partial charge in [-0.05, 0) is 36.2 Å². The van der Waals surface area contributed by atoms with Crippen molar-refractivity contribution in [2.45, 2.75) is 23.8 Å². The van der Waals surface area contributed by atoms with Gasteiger partial charge in [0.1, 0.15) is 16.8 Å². The number of ether oxygens (including phenoxy) is 1. The Labute approximate surface area is 201 Å². The molecule has 0 fully saturated rings. The lowest BCUT2D eigenvalue weighted by Crippen LogP contribution is -2.21. The molecule has 3 N–H and O–H groups in total. The number of nitrogens with one attached hydrogen (secondary N) is 1. The molecular weight excluding hydrogens is 453 g/mol. The van der Waals surface area contributed by atoms with Gasteiger partial charge in [-0.1, -0.05) is 72.4 Å². The molecule has 4 aromatic rings. The number of hydrogen-bond donors (Lipinski definition) is 2. The summed E-state index contributed by atoms with van der Waals surface area (Å²) in [5.41, 5.74) is 1.81. The van der Waals surface area contributed by atoms with Crippen molar-refractivity contribution in [1.29, 1.82) is 0 Å². The van der Waals surface area contributed by atoms with Crippen LogP contribution in [-0.4, -0.2) is 27.4 Å². The first-order valence-electron chi connectivity index (χ1n) is 10.7. The zero-order valence-corrected chi connectivity index (χ0v) is 19.3. The number of para-hydroxylation sites is 2. The molecule has 0 saturated heterocycles. The van der Waals surface area contributed by atoms with Crippen LogP contribution in [-0.2, 0) is 11.2 Å². The second-order valence-corrected chi connectivity index (χ2v) is 8.44. The number of carbonyl (C=O) groups excluding carboxylic acids is 1. The number of rotatable bonds is 9. The summed E-state index contributed by atoms with van der Waals surface area (Å²) in [4.78, 5) is 13.4. The van der Waals surface area contributed by atoms with E-state index in [1.165, 1.54) is 22.5 Å². The van der Waals surface area contributed by atoms with Crippen LogP contribution >= 0.6 is 11.8 Å². The molecular formula is C25H24FN5O2S. The first-order valence-corrected chi connectivity index (χ1v) is 11.6. The highest BCUT2D eigenvalue weighted by atomic mass is 32.2. The minimum Gasteiger partial charge on any atom is -0.492 e. The lowest BCUT2D eigenvalue weighted by molar-refractivity contribution is -0.115. The zero-order valence-electron chi connectivity index (χ0n) is 18.5. The largest absolute Gasteiger partial charge is 0.492 e. The molecule has 4 rings (SSSR count). The molecule has 0 saturated carbocycles. The molecule has 0 unspecified atom stereocenters. The van der Waals surface area contributed by atoms with Crippen molar-refractivity contribution in [2.24, 2.45) is 0 Å². The summed E-state index contributed by atoms with van der Waals surface area (Å²) in [6.07, 6.45) is 0.181. The molecule has 0 spiro atoms. The monoisotopic (exact) mass is 477 g/mol. The topological polar surface area (TPSA) is 95.1 Å². The highest BCUT2D eigenvalue weighted by Gasteiger charge is 2.26. The Hall–Kier alpha value is -3.85.